The van der Waals surface area contributed by atoms with E-state index in [1.54, 1.807) is 0 Å². The molecule has 0 atom stereocenters. The molecule has 0 rings (SSSR count). The molecule has 0 unspecified atom stereocenters. The summed E-state index contributed by atoms with van der Waals surface area (Å²) in [6, 6.07) is 0. The summed E-state index contributed by atoms with van der Waals surface area (Å²) in [5, 5.41) is 0. The molecule has 0 aromatic carbocycles. The minimum atomic E-state index is -3.62. The first kappa shape index (κ1) is 12.0. The molecule has 0 spiro atoms. The molecule has 0 radical (unpaired) electrons. The molecule has 0 aromatic heterocycles. The van der Waals surface area contributed by atoms with Gasteiger partial charge in [0, 0.05) is 7.11 Å². The molecule has 76 valence electrons. The molecule has 0 saturated carbocycles. The van der Waals surface area contributed by atoms with Crippen molar-refractivity contribution in [2.45, 2.75) is 12.3 Å². The number of hydrogen-bond donors (Lipinski definition) is 0. The quantitative estimate of drug-likeness (QED) is 0.471. The second-order valence-corrected chi connectivity index (χ2v) is 2.31. The number of rotatable bonds is 5. The first-order valence-electron chi connectivity index (χ1n) is 3.41. The van der Waals surface area contributed by atoms with Crippen LogP contribution in [0.25, 0.3) is 0 Å². The molecule has 13 heavy (non-hydrogen) atoms. The fourth-order valence-corrected chi connectivity index (χ4v) is 0.594. The fraction of sp³-hybridized carbons (Fsp3) is 0.714. The second-order valence-electron chi connectivity index (χ2n) is 2.31. The van der Waals surface area contributed by atoms with Crippen LogP contribution < -0.4 is 0 Å². The molecule has 0 aromatic rings. The Bertz CT molecular complexity index is 203. The average molecular weight is 196 g/mol. The number of methoxy groups -OCH3 is 2. The third-order valence-corrected chi connectivity index (χ3v) is 1.27. The molecule has 4 nitrogen and oxygen atoms in total. The maximum Gasteiger partial charge on any atom is 0.328 e. The molecule has 0 amide bonds. The highest BCUT2D eigenvalue weighted by molar-refractivity contribution is 5.99. The van der Waals surface area contributed by atoms with Crippen LogP contribution in [0.2, 0.25) is 0 Å². The molecule has 0 aliphatic carbocycles. The van der Waals surface area contributed by atoms with Crippen LogP contribution in [0.1, 0.15) is 6.42 Å². The fourth-order valence-electron chi connectivity index (χ4n) is 0.594. The number of carbonyl (C=O) groups is 2. The zero-order chi connectivity index (χ0) is 10.5. The van der Waals surface area contributed by atoms with Crippen LogP contribution in [0, 0.1) is 0 Å². The predicted octanol–water partition coefficient (Wildman–Crippen LogP) is 0.400. The lowest BCUT2D eigenvalue weighted by atomic mass is 10.2. The van der Waals surface area contributed by atoms with Crippen molar-refractivity contribution in [2.24, 2.45) is 0 Å². The smallest absolute Gasteiger partial charge is 0.328 e. The van der Waals surface area contributed by atoms with Gasteiger partial charge in [0.05, 0.1) is 7.11 Å². The highest BCUT2D eigenvalue weighted by Gasteiger charge is 2.39. The van der Waals surface area contributed by atoms with Crippen molar-refractivity contribution in [1.29, 1.82) is 0 Å². The Kier molecular flexibility index (Phi) is 4.47. The van der Waals surface area contributed by atoms with Crippen molar-refractivity contribution in [1.82, 2.24) is 0 Å². The van der Waals surface area contributed by atoms with Gasteiger partial charge in [0.15, 0.2) is 0 Å². The lowest BCUT2D eigenvalue weighted by molar-refractivity contribution is -0.157. The van der Waals surface area contributed by atoms with Crippen molar-refractivity contribution in [3.05, 3.63) is 0 Å². The number of halogens is 2. The van der Waals surface area contributed by atoms with E-state index in [9.17, 15) is 18.4 Å². The van der Waals surface area contributed by atoms with E-state index >= 15 is 0 Å². The molecule has 0 fully saturated rings. The topological polar surface area (TPSA) is 52.6 Å². The summed E-state index contributed by atoms with van der Waals surface area (Å²) in [7, 11) is 2.06. The molecule has 0 saturated heterocycles. The Labute approximate surface area is 73.8 Å². The van der Waals surface area contributed by atoms with Crippen LogP contribution >= 0.6 is 0 Å². The van der Waals surface area contributed by atoms with E-state index in [2.05, 4.69) is 9.47 Å². The van der Waals surface area contributed by atoms with Crippen molar-refractivity contribution in [2.75, 3.05) is 20.8 Å². The molecule has 0 aliphatic rings. The van der Waals surface area contributed by atoms with Crippen LogP contribution in [0.3, 0.4) is 0 Å². The van der Waals surface area contributed by atoms with E-state index in [-0.39, 0.29) is 0 Å². The monoisotopic (exact) mass is 196 g/mol. The zero-order valence-corrected chi connectivity index (χ0v) is 7.30. The second kappa shape index (κ2) is 4.86. The standard InChI is InChI=1S/C7H10F2O4/c1-12-4-7(8,9)5(10)3-6(11)13-2/h3-4H2,1-2H3. The van der Waals surface area contributed by atoms with Gasteiger partial charge in [-0.05, 0) is 0 Å². The Morgan fingerprint density at radius 2 is 1.85 bits per heavy atom. The molecule has 0 bridgehead atoms. The highest BCUT2D eigenvalue weighted by Crippen LogP contribution is 2.16. The zero-order valence-electron chi connectivity index (χ0n) is 7.30. The number of alkyl halides is 2. The van der Waals surface area contributed by atoms with E-state index in [0.29, 0.717) is 0 Å². The average Bonchev–Trinajstić information content (AvgIpc) is 2.04. The maximum absolute atomic E-state index is 12.6. The van der Waals surface area contributed by atoms with Crippen molar-refractivity contribution >= 4 is 11.8 Å². The molecular weight excluding hydrogens is 186 g/mol. The summed E-state index contributed by atoms with van der Waals surface area (Å²) in [6.07, 6.45) is -0.938. The Hall–Kier alpha value is -1.04. The van der Waals surface area contributed by atoms with Crippen LogP contribution in [0.15, 0.2) is 0 Å². The van der Waals surface area contributed by atoms with E-state index in [4.69, 9.17) is 0 Å². The maximum atomic E-state index is 12.6. The van der Waals surface area contributed by atoms with Gasteiger partial charge >= 0.3 is 11.9 Å². The summed E-state index contributed by atoms with van der Waals surface area (Å²) >= 11 is 0. The van der Waals surface area contributed by atoms with Gasteiger partial charge in [-0.2, -0.15) is 8.78 Å². The largest absolute Gasteiger partial charge is 0.469 e. The van der Waals surface area contributed by atoms with Gasteiger partial charge in [0.2, 0.25) is 5.78 Å². The van der Waals surface area contributed by atoms with Crippen molar-refractivity contribution in [3.8, 4) is 0 Å². The van der Waals surface area contributed by atoms with Gasteiger partial charge in [0.25, 0.3) is 0 Å². The van der Waals surface area contributed by atoms with Gasteiger partial charge in [-0.15, -0.1) is 0 Å². The number of hydrogen-bond acceptors (Lipinski definition) is 4. The van der Waals surface area contributed by atoms with Crippen LogP contribution in [0.5, 0.6) is 0 Å². The van der Waals surface area contributed by atoms with Crippen LogP contribution in [0.4, 0.5) is 8.78 Å². The first-order valence-corrected chi connectivity index (χ1v) is 3.41. The third-order valence-electron chi connectivity index (χ3n) is 1.27. The van der Waals surface area contributed by atoms with Crippen LogP contribution in [-0.2, 0) is 19.1 Å². The lowest BCUT2D eigenvalue weighted by Crippen LogP contribution is -2.35. The normalized spacial score (nSPS) is 11.1. The minimum absolute atomic E-state index is 0.938. The summed E-state index contributed by atoms with van der Waals surface area (Å²) in [5.74, 6) is -6.11. The molecule has 6 heteroatoms. The van der Waals surface area contributed by atoms with E-state index in [0.717, 1.165) is 14.2 Å². The molecule has 0 N–H and O–H groups in total. The Morgan fingerprint density at radius 1 is 1.31 bits per heavy atom. The Balaban J connectivity index is 4.16. The van der Waals surface area contributed by atoms with Crippen molar-refractivity contribution in [3.63, 3.8) is 0 Å². The number of ether oxygens (including phenoxy) is 2. The lowest BCUT2D eigenvalue weighted by Gasteiger charge is -2.12. The molecular formula is C7H10F2O4. The number of esters is 1. The van der Waals surface area contributed by atoms with Crippen LogP contribution in [-0.4, -0.2) is 38.5 Å². The number of ketones is 1. The van der Waals surface area contributed by atoms with Gasteiger partial charge in [-0.3, -0.25) is 9.59 Å². The van der Waals surface area contributed by atoms with Gasteiger partial charge in [-0.1, -0.05) is 0 Å². The predicted molar refractivity (Wildman–Crippen MR) is 38.5 cm³/mol. The van der Waals surface area contributed by atoms with E-state index in [1.807, 2.05) is 0 Å². The summed E-state index contributed by atoms with van der Waals surface area (Å²) in [6.45, 7) is -1.02. The summed E-state index contributed by atoms with van der Waals surface area (Å²) in [4.78, 5) is 21.1. The molecule has 0 aliphatic heterocycles. The SMILES string of the molecule is COCC(F)(F)C(=O)CC(=O)OC. The van der Waals surface area contributed by atoms with E-state index < -0.39 is 30.7 Å². The highest BCUT2D eigenvalue weighted by atomic mass is 19.3. The van der Waals surface area contributed by atoms with Gasteiger partial charge in [-0.25, -0.2) is 0 Å². The minimum Gasteiger partial charge on any atom is -0.469 e. The third kappa shape index (κ3) is 3.93. The van der Waals surface area contributed by atoms with Gasteiger partial charge < -0.3 is 9.47 Å². The van der Waals surface area contributed by atoms with E-state index in [1.165, 1.54) is 0 Å². The molecule has 0 heterocycles. The Morgan fingerprint density at radius 3 is 2.23 bits per heavy atom. The van der Waals surface area contributed by atoms with Gasteiger partial charge in [0.1, 0.15) is 13.0 Å². The summed E-state index contributed by atoms with van der Waals surface area (Å²) in [5.41, 5.74) is 0. The first-order chi connectivity index (χ1) is 5.94. The summed E-state index contributed by atoms with van der Waals surface area (Å²) < 4.78 is 33.4. The van der Waals surface area contributed by atoms with Crippen molar-refractivity contribution < 1.29 is 27.8 Å². The number of carbonyl (C=O) groups excluding carboxylic acids is 2. The number of Topliss-reactive ketones (excluding diaryl/α,β-unsaturated/α-hetero) is 1.